The highest BCUT2D eigenvalue weighted by molar-refractivity contribution is 5.89. The molecule has 0 heterocycles. The monoisotopic (exact) mass is 400 g/mol. The maximum atomic E-state index is 12.1. The van der Waals surface area contributed by atoms with Crippen LogP contribution in [0.15, 0.2) is 48.5 Å². The van der Waals surface area contributed by atoms with Crippen molar-refractivity contribution in [2.45, 2.75) is 59.2 Å². The van der Waals surface area contributed by atoms with E-state index in [1.807, 2.05) is 32.9 Å². The van der Waals surface area contributed by atoms with Crippen LogP contribution in [0, 0.1) is 13.8 Å². The van der Waals surface area contributed by atoms with Gasteiger partial charge in [0.1, 0.15) is 12.2 Å². The fraction of sp³-hybridized carbons (Fsp3) is 0.391. The van der Waals surface area contributed by atoms with Gasteiger partial charge >= 0.3 is 11.9 Å². The summed E-state index contributed by atoms with van der Waals surface area (Å²) in [6.45, 7) is 7.54. The molecule has 0 aliphatic rings. The third-order valence-corrected chi connectivity index (χ3v) is 4.41. The molecule has 0 saturated heterocycles. The van der Waals surface area contributed by atoms with Crippen LogP contribution in [0.4, 0.5) is 0 Å². The first-order valence-corrected chi connectivity index (χ1v) is 9.77. The molecule has 0 aliphatic heterocycles. The van der Waals surface area contributed by atoms with E-state index in [4.69, 9.17) is 19.6 Å². The largest absolute Gasteiger partial charge is 0.373 e. The average molecular weight is 400 g/mol. The molecule has 6 heteroatoms. The lowest BCUT2D eigenvalue weighted by Crippen LogP contribution is -2.20. The second-order valence-corrected chi connectivity index (χ2v) is 7.09. The van der Waals surface area contributed by atoms with Crippen molar-refractivity contribution in [3.05, 3.63) is 70.8 Å². The van der Waals surface area contributed by atoms with E-state index in [1.165, 1.54) is 0 Å². The van der Waals surface area contributed by atoms with E-state index < -0.39 is 11.9 Å². The molecule has 0 fully saturated rings. The van der Waals surface area contributed by atoms with E-state index in [9.17, 15) is 9.59 Å². The van der Waals surface area contributed by atoms with Gasteiger partial charge < -0.3 is 0 Å². The average Bonchev–Trinajstić information content (AvgIpc) is 2.71. The van der Waals surface area contributed by atoms with Gasteiger partial charge in [-0.15, -0.1) is 0 Å². The topological polar surface area (TPSA) is 71.1 Å². The highest BCUT2D eigenvalue weighted by atomic mass is 17.2. The van der Waals surface area contributed by atoms with Crippen LogP contribution in [-0.4, -0.2) is 24.1 Å². The zero-order valence-corrected chi connectivity index (χ0v) is 17.3. The predicted octanol–water partition coefficient (Wildman–Crippen LogP) is 5.13. The van der Waals surface area contributed by atoms with Crippen LogP contribution < -0.4 is 0 Å². The number of carbonyl (C=O) groups excluding carboxylic acids is 2. The van der Waals surface area contributed by atoms with E-state index in [1.54, 1.807) is 43.3 Å². The molecule has 2 aromatic rings. The first-order valence-electron chi connectivity index (χ1n) is 9.77. The minimum absolute atomic E-state index is 0.276. The standard InChI is InChI=1S/C23H28O6/c1-5-21(27-29-23(25)20-11-7-9-17(3)15-20)13-12-18(4)26-28-22(24)19-10-6-8-16(2)14-19/h6-11,14-15,18,21H,5,12-13H2,1-4H3. The summed E-state index contributed by atoms with van der Waals surface area (Å²) in [6, 6.07) is 14.2. The second kappa shape index (κ2) is 11.3. The summed E-state index contributed by atoms with van der Waals surface area (Å²) in [6.07, 6.45) is 1.22. The molecule has 2 atom stereocenters. The lowest BCUT2D eigenvalue weighted by molar-refractivity contribution is -0.287. The molecule has 2 rings (SSSR count). The molecule has 0 radical (unpaired) electrons. The molecule has 0 spiro atoms. The SMILES string of the molecule is CCC(CCC(C)OOC(=O)c1cccc(C)c1)OOC(=O)c1cccc(C)c1. The Labute approximate surface area is 171 Å². The minimum atomic E-state index is -0.532. The smallest absolute Gasteiger partial charge is 0.293 e. The lowest BCUT2D eigenvalue weighted by Gasteiger charge is -2.16. The van der Waals surface area contributed by atoms with Crippen LogP contribution in [0.2, 0.25) is 0 Å². The minimum Gasteiger partial charge on any atom is -0.293 e. The van der Waals surface area contributed by atoms with Gasteiger partial charge in [0.05, 0.1) is 11.1 Å². The van der Waals surface area contributed by atoms with Crippen LogP contribution in [0.3, 0.4) is 0 Å². The van der Waals surface area contributed by atoms with Crippen molar-refractivity contribution in [1.29, 1.82) is 0 Å². The third kappa shape index (κ3) is 7.68. The van der Waals surface area contributed by atoms with E-state index >= 15 is 0 Å². The highest BCUT2D eigenvalue weighted by Gasteiger charge is 2.17. The zero-order chi connectivity index (χ0) is 21.2. The summed E-state index contributed by atoms with van der Waals surface area (Å²) in [4.78, 5) is 44.4. The van der Waals surface area contributed by atoms with Crippen molar-refractivity contribution in [2.75, 3.05) is 0 Å². The molecule has 156 valence electrons. The third-order valence-electron chi connectivity index (χ3n) is 4.41. The molecule has 0 aliphatic carbocycles. The van der Waals surface area contributed by atoms with Gasteiger partial charge in [-0.1, -0.05) is 42.3 Å². The van der Waals surface area contributed by atoms with Gasteiger partial charge in [-0.05, 0) is 64.3 Å². The fourth-order valence-electron chi connectivity index (χ4n) is 2.67. The number of benzene rings is 2. The Morgan fingerprint density at radius 2 is 1.34 bits per heavy atom. The molecule has 0 aromatic heterocycles. The van der Waals surface area contributed by atoms with Crippen molar-refractivity contribution in [1.82, 2.24) is 0 Å². The van der Waals surface area contributed by atoms with E-state index in [2.05, 4.69) is 0 Å². The lowest BCUT2D eigenvalue weighted by atomic mass is 10.1. The van der Waals surface area contributed by atoms with Crippen molar-refractivity contribution >= 4 is 11.9 Å². The highest BCUT2D eigenvalue weighted by Crippen LogP contribution is 2.14. The quantitative estimate of drug-likeness (QED) is 0.407. The van der Waals surface area contributed by atoms with Crippen LogP contribution >= 0.6 is 0 Å². The number of carbonyl (C=O) groups is 2. The Balaban J connectivity index is 1.72. The normalized spacial score (nSPS) is 12.8. The van der Waals surface area contributed by atoms with Gasteiger partial charge in [-0.25, -0.2) is 9.59 Å². The summed E-state index contributed by atoms with van der Waals surface area (Å²) >= 11 is 0. The van der Waals surface area contributed by atoms with Gasteiger partial charge in [0.15, 0.2) is 0 Å². The molecular weight excluding hydrogens is 372 g/mol. The van der Waals surface area contributed by atoms with Crippen molar-refractivity contribution in [2.24, 2.45) is 0 Å². The first-order chi connectivity index (χ1) is 13.9. The maximum absolute atomic E-state index is 12.1. The van der Waals surface area contributed by atoms with Crippen molar-refractivity contribution in [3.8, 4) is 0 Å². The van der Waals surface area contributed by atoms with Crippen LogP contribution in [0.25, 0.3) is 0 Å². The molecule has 0 N–H and O–H groups in total. The Hall–Kier alpha value is -2.70. The van der Waals surface area contributed by atoms with Gasteiger partial charge in [-0.3, -0.25) is 9.78 Å². The number of aryl methyl sites for hydroxylation is 2. The molecule has 0 bridgehead atoms. The Morgan fingerprint density at radius 1 is 0.828 bits per heavy atom. The summed E-state index contributed by atoms with van der Waals surface area (Å²) in [5.41, 5.74) is 2.82. The van der Waals surface area contributed by atoms with Gasteiger partial charge in [0.25, 0.3) is 0 Å². The summed E-state index contributed by atoms with van der Waals surface area (Å²) < 4.78 is 0. The van der Waals surface area contributed by atoms with Crippen LogP contribution in [-0.2, 0) is 19.6 Å². The summed E-state index contributed by atoms with van der Waals surface area (Å²) in [5.74, 6) is -1.06. The molecule has 29 heavy (non-hydrogen) atoms. The Bertz CT molecular complexity index is 817. The van der Waals surface area contributed by atoms with Gasteiger partial charge in [0.2, 0.25) is 0 Å². The van der Waals surface area contributed by atoms with Crippen molar-refractivity contribution in [3.63, 3.8) is 0 Å². The molecule has 0 amide bonds. The fourth-order valence-corrected chi connectivity index (χ4v) is 2.67. The van der Waals surface area contributed by atoms with Crippen LogP contribution in [0.1, 0.15) is 65.0 Å². The van der Waals surface area contributed by atoms with Crippen molar-refractivity contribution < 1.29 is 29.1 Å². The second-order valence-electron chi connectivity index (χ2n) is 7.09. The molecule has 2 unspecified atom stereocenters. The summed E-state index contributed by atoms with van der Waals surface area (Å²) in [5, 5.41) is 0. The molecular formula is C23H28O6. The Kier molecular flexibility index (Phi) is 8.83. The van der Waals surface area contributed by atoms with E-state index in [0.717, 1.165) is 11.1 Å². The zero-order valence-electron chi connectivity index (χ0n) is 17.3. The van der Waals surface area contributed by atoms with E-state index in [0.29, 0.717) is 30.4 Å². The summed E-state index contributed by atoms with van der Waals surface area (Å²) in [7, 11) is 0. The predicted molar refractivity (Wildman–Crippen MR) is 108 cm³/mol. The molecule has 2 aromatic carbocycles. The molecule has 6 nitrogen and oxygen atoms in total. The first kappa shape index (κ1) is 22.6. The number of hydrogen-bond acceptors (Lipinski definition) is 6. The number of hydrogen-bond donors (Lipinski definition) is 0. The van der Waals surface area contributed by atoms with E-state index in [-0.39, 0.29) is 12.2 Å². The van der Waals surface area contributed by atoms with Crippen LogP contribution in [0.5, 0.6) is 0 Å². The maximum Gasteiger partial charge on any atom is 0.373 e. The van der Waals surface area contributed by atoms with Gasteiger partial charge in [0, 0.05) is 0 Å². The van der Waals surface area contributed by atoms with Gasteiger partial charge in [-0.2, -0.15) is 9.78 Å². The number of rotatable bonds is 10. The molecule has 0 saturated carbocycles. The Morgan fingerprint density at radius 3 is 1.83 bits per heavy atom.